The first kappa shape index (κ1) is 14.8. The van der Waals surface area contributed by atoms with Crippen LogP contribution in [-0.4, -0.2) is 13.2 Å². The Morgan fingerprint density at radius 3 is 2.11 bits per heavy atom. The van der Waals surface area contributed by atoms with Crippen molar-refractivity contribution in [3.8, 4) is 5.75 Å². The molecule has 0 unspecified atom stereocenters. The lowest BCUT2D eigenvalue weighted by Gasteiger charge is -2.09. The fourth-order valence-corrected chi connectivity index (χ4v) is 1.49. The molecule has 1 aromatic carbocycles. The fourth-order valence-electron chi connectivity index (χ4n) is 1.49. The van der Waals surface area contributed by atoms with Crippen molar-refractivity contribution >= 4 is 0 Å². The molecule has 0 N–H and O–H groups in total. The Hall–Kier alpha value is -1.23. The van der Waals surface area contributed by atoms with E-state index >= 15 is 0 Å². The van der Waals surface area contributed by atoms with Gasteiger partial charge in [-0.3, -0.25) is 0 Å². The molecular formula is C13H16F3O2. The highest BCUT2D eigenvalue weighted by molar-refractivity contribution is 5.28. The standard InChI is InChI=1S/C13H16F3O2/c14-13(15,16)11-5-7-12(8-6-11)18-10-4-2-1-3-9-17/h5-8H,1-4,9-10H2. The molecular weight excluding hydrogens is 245 g/mol. The Labute approximate surface area is 104 Å². The minimum Gasteiger partial charge on any atom is -0.494 e. The van der Waals surface area contributed by atoms with Gasteiger partial charge in [-0.15, -0.1) is 0 Å². The van der Waals surface area contributed by atoms with Crippen LogP contribution in [0.3, 0.4) is 0 Å². The van der Waals surface area contributed by atoms with E-state index in [1.54, 1.807) is 0 Å². The van der Waals surface area contributed by atoms with Crippen LogP contribution in [0.1, 0.15) is 31.2 Å². The van der Waals surface area contributed by atoms with Crippen LogP contribution in [0.5, 0.6) is 5.75 Å². The Bertz CT molecular complexity index is 333. The van der Waals surface area contributed by atoms with Crippen LogP contribution >= 0.6 is 0 Å². The van der Waals surface area contributed by atoms with Crippen molar-refractivity contribution in [2.24, 2.45) is 0 Å². The van der Waals surface area contributed by atoms with Crippen LogP contribution in [0.25, 0.3) is 0 Å². The van der Waals surface area contributed by atoms with E-state index in [1.165, 1.54) is 12.1 Å². The number of benzene rings is 1. The van der Waals surface area contributed by atoms with Gasteiger partial charge in [-0.05, 0) is 43.5 Å². The van der Waals surface area contributed by atoms with E-state index in [2.05, 4.69) is 0 Å². The second-order valence-corrected chi connectivity index (χ2v) is 3.99. The van der Waals surface area contributed by atoms with Crippen molar-refractivity contribution in [3.63, 3.8) is 0 Å². The quantitative estimate of drug-likeness (QED) is 0.680. The van der Waals surface area contributed by atoms with E-state index in [0.29, 0.717) is 18.8 Å². The van der Waals surface area contributed by atoms with Gasteiger partial charge in [0, 0.05) is 0 Å². The molecule has 5 heteroatoms. The average molecular weight is 261 g/mol. The van der Waals surface area contributed by atoms with Crippen LogP contribution in [0.4, 0.5) is 13.2 Å². The minimum atomic E-state index is -4.31. The van der Waals surface area contributed by atoms with E-state index < -0.39 is 11.7 Å². The third kappa shape index (κ3) is 5.40. The molecule has 0 aliphatic heterocycles. The van der Waals surface area contributed by atoms with E-state index in [9.17, 15) is 18.3 Å². The van der Waals surface area contributed by atoms with Gasteiger partial charge in [-0.25, -0.2) is 5.11 Å². The molecule has 101 valence electrons. The van der Waals surface area contributed by atoms with Gasteiger partial charge in [0.25, 0.3) is 0 Å². The lowest BCUT2D eigenvalue weighted by atomic mass is 10.2. The summed E-state index contributed by atoms with van der Waals surface area (Å²) in [7, 11) is 0. The Morgan fingerprint density at radius 2 is 1.56 bits per heavy atom. The molecule has 0 spiro atoms. The van der Waals surface area contributed by atoms with Gasteiger partial charge in [0.05, 0.1) is 18.8 Å². The van der Waals surface area contributed by atoms with Gasteiger partial charge in [0.1, 0.15) is 5.75 Å². The third-order valence-corrected chi connectivity index (χ3v) is 2.49. The smallest absolute Gasteiger partial charge is 0.416 e. The largest absolute Gasteiger partial charge is 0.494 e. The first-order valence-electron chi connectivity index (χ1n) is 5.92. The molecule has 0 fully saturated rings. The summed E-state index contributed by atoms with van der Waals surface area (Å²) in [5.41, 5.74) is -0.676. The van der Waals surface area contributed by atoms with E-state index in [4.69, 9.17) is 4.74 Å². The number of hydrogen-bond acceptors (Lipinski definition) is 1. The zero-order valence-electron chi connectivity index (χ0n) is 10.0. The summed E-state index contributed by atoms with van der Waals surface area (Å²) in [6.07, 6.45) is -1.05. The van der Waals surface area contributed by atoms with Crippen molar-refractivity contribution in [3.05, 3.63) is 29.8 Å². The molecule has 0 heterocycles. The zero-order chi connectivity index (χ0) is 13.4. The Morgan fingerprint density at radius 1 is 0.944 bits per heavy atom. The summed E-state index contributed by atoms with van der Waals surface area (Å²) in [5, 5.41) is 10.2. The average Bonchev–Trinajstić information content (AvgIpc) is 2.33. The van der Waals surface area contributed by atoms with Gasteiger partial charge < -0.3 is 4.74 Å². The van der Waals surface area contributed by atoms with Crippen LogP contribution in [-0.2, 0) is 11.3 Å². The number of halogens is 3. The molecule has 0 aliphatic carbocycles. The molecule has 0 bridgehead atoms. The number of rotatable bonds is 7. The van der Waals surface area contributed by atoms with E-state index in [0.717, 1.165) is 31.4 Å². The van der Waals surface area contributed by atoms with Crippen LogP contribution < -0.4 is 4.74 Å². The van der Waals surface area contributed by atoms with Crippen molar-refractivity contribution in [2.45, 2.75) is 31.9 Å². The molecule has 0 saturated carbocycles. The normalized spacial score (nSPS) is 11.6. The number of ether oxygens (including phenoxy) is 1. The highest BCUT2D eigenvalue weighted by Gasteiger charge is 2.29. The number of alkyl halides is 3. The maximum Gasteiger partial charge on any atom is 0.416 e. The van der Waals surface area contributed by atoms with Gasteiger partial charge in [-0.1, -0.05) is 6.42 Å². The van der Waals surface area contributed by atoms with Crippen molar-refractivity contribution in [2.75, 3.05) is 13.2 Å². The van der Waals surface area contributed by atoms with Gasteiger partial charge in [0.15, 0.2) is 0 Å². The first-order valence-corrected chi connectivity index (χ1v) is 5.92. The summed E-state index contributed by atoms with van der Waals surface area (Å²) in [6.45, 7) is 0.407. The number of hydrogen-bond donors (Lipinski definition) is 0. The second kappa shape index (κ2) is 7.26. The molecule has 1 radical (unpaired) electrons. The number of unbranched alkanes of at least 4 members (excludes halogenated alkanes) is 3. The molecule has 0 saturated heterocycles. The summed E-state index contributed by atoms with van der Waals surface area (Å²) in [4.78, 5) is 0. The highest BCUT2D eigenvalue weighted by Crippen LogP contribution is 2.30. The first-order chi connectivity index (χ1) is 8.54. The minimum absolute atomic E-state index is 0.0558. The maximum absolute atomic E-state index is 12.3. The fraction of sp³-hybridized carbons (Fsp3) is 0.538. The maximum atomic E-state index is 12.3. The van der Waals surface area contributed by atoms with Crippen LogP contribution in [0.15, 0.2) is 24.3 Å². The SMILES string of the molecule is [O]CCCCCCOc1ccc(C(F)(F)F)cc1. The zero-order valence-corrected chi connectivity index (χ0v) is 10.0. The molecule has 2 nitrogen and oxygen atoms in total. The van der Waals surface area contributed by atoms with Gasteiger partial charge in [-0.2, -0.15) is 13.2 Å². The van der Waals surface area contributed by atoms with E-state index in [-0.39, 0.29) is 6.61 Å². The highest BCUT2D eigenvalue weighted by atomic mass is 19.4. The van der Waals surface area contributed by atoms with Gasteiger partial charge >= 0.3 is 6.18 Å². The van der Waals surface area contributed by atoms with Crippen molar-refractivity contribution in [1.29, 1.82) is 0 Å². The van der Waals surface area contributed by atoms with E-state index in [1.807, 2.05) is 0 Å². The van der Waals surface area contributed by atoms with Crippen LogP contribution in [0.2, 0.25) is 0 Å². The summed E-state index contributed by atoms with van der Waals surface area (Å²) in [6, 6.07) is 4.65. The molecule has 0 aliphatic rings. The van der Waals surface area contributed by atoms with Crippen molar-refractivity contribution < 1.29 is 23.0 Å². The topological polar surface area (TPSA) is 29.1 Å². The molecule has 0 amide bonds. The molecule has 0 atom stereocenters. The summed E-state index contributed by atoms with van der Waals surface area (Å²) >= 11 is 0. The Kier molecular flexibility index (Phi) is 5.98. The predicted octanol–water partition coefficient (Wildman–Crippen LogP) is 4.08. The molecule has 18 heavy (non-hydrogen) atoms. The second-order valence-electron chi connectivity index (χ2n) is 3.99. The summed E-state index contributed by atoms with van der Waals surface area (Å²) < 4.78 is 42.1. The molecule has 1 aromatic rings. The van der Waals surface area contributed by atoms with Crippen LogP contribution in [0, 0.1) is 0 Å². The molecule has 0 aromatic heterocycles. The van der Waals surface area contributed by atoms with Gasteiger partial charge in [0.2, 0.25) is 0 Å². The monoisotopic (exact) mass is 261 g/mol. The summed E-state index contributed by atoms with van der Waals surface area (Å²) in [5.74, 6) is 0.437. The Balaban J connectivity index is 2.27. The lowest BCUT2D eigenvalue weighted by molar-refractivity contribution is -0.137. The lowest BCUT2D eigenvalue weighted by Crippen LogP contribution is -2.04. The predicted molar refractivity (Wildman–Crippen MR) is 61.0 cm³/mol. The van der Waals surface area contributed by atoms with Crippen molar-refractivity contribution in [1.82, 2.24) is 0 Å². The molecule has 1 rings (SSSR count). The third-order valence-electron chi connectivity index (χ3n) is 2.49.